The standard InChI is InChI=1S/C28H33F2N5O2/c1-17-18(2)32-27(36)35(26(17)20-8-11-23(29)24(30)15-20)28(37)33-21-12-14-34(16-21)22-9-6-19(7-10-22)25-5-3-4-13-31-25/h3-5,8,11,13,15,19,21-22,26H,6-7,9-10,12,14,16H2,1-2H3,(H,32,36)(H,33,37)/t19?,21-,22?,26?/m1/s1. The van der Waals surface area contributed by atoms with E-state index in [2.05, 4.69) is 26.6 Å². The molecule has 2 atom stereocenters. The van der Waals surface area contributed by atoms with Gasteiger partial charge in [0.25, 0.3) is 0 Å². The predicted octanol–water partition coefficient (Wildman–Crippen LogP) is 5.23. The van der Waals surface area contributed by atoms with Crippen molar-refractivity contribution in [3.8, 4) is 0 Å². The van der Waals surface area contributed by atoms with E-state index in [0.717, 1.165) is 62.2 Å². The zero-order chi connectivity index (χ0) is 26.1. The number of rotatable bonds is 4. The number of pyridine rings is 1. The number of nitrogens with one attached hydrogen (secondary N) is 2. The van der Waals surface area contributed by atoms with E-state index < -0.39 is 29.7 Å². The molecule has 7 nitrogen and oxygen atoms in total. The number of aromatic nitrogens is 1. The summed E-state index contributed by atoms with van der Waals surface area (Å²) in [5.41, 5.74) is 2.80. The second kappa shape index (κ2) is 10.6. The number of allylic oxidation sites excluding steroid dienone is 1. The van der Waals surface area contributed by atoms with Crippen molar-refractivity contribution >= 4 is 12.1 Å². The summed E-state index contributed by atoms with van der Waals surface area (Å²) < 4.78 is 27.6. The lowest BCUT2D eigenvalue weighted by molar-refractivity contribution is 0.164. The van der Waals surface area contributed by atoms with Gasteiger partial charge in [-0.05, 0) is 81.4 Å². The molecule has 196 valence electrons. The fourth-order valence-electron chi connectivity index (χ4n) is 5.96. The molecular formula is C28H33F2N5O2. The summed E-state index contributed by atoms with van der Waals surface area (Å²) in [6, 6.07) is 8.02. The number of hydrogen-bond donors (Lipinski definition) is 2. The lowest BCUT2D eigenvalue weighted by Gasteiger charge is -2.37. The Morgan fingerprint density at radius 1 is 1.05 bits per heavy atom. The number of nitrogens with zero attached hydrogens (tertiary/aromatic N) is 3. The van der Waals surface area contributed by atoms with Crippen molar-refractivity contribution in [3.05, 3.63) is 76.8 Å². The van der Waals surface area contributed by atoms with Gasteiger partial charge in [0.2, 0.25) is 0 Å². The number of likely N-dealkylation sites (tertiary alicyclic amines) is 1. The van der Waals surface area contributed by atoms with Crippen LogP contribution in [-0.2, 0) is 0 Å². The van der Waals surface area contributed by atoms with E-state index in [1.807, 2.05) is 18.3 Å². The Labute approximate surface area is 215 Å². The highest BCUT2D eigenvalue weighted by molar-refractivity contribution is 5.96. The molecule has 1 aliphatic carbocycles. The molecule has 1 saturated carbocycles. The predicted molar refractivity (Wildman–Crippen MR) is 136 cm³/mol. The number of halogens is 2. The number of imide groups is 1. The number of benzene rings is 1. The summed E-state index contributed by atoms with van der Waals surface area (Å²) in [5, 5.41) is 5.74. The number of carbonyl (C=O) groups excluding carboxylic acids is 2. The summed E-state index contributed by atoms with van der Waals surface area (Å²) >= 11 is 0. The fourth-order valence-corrected chi connectivity index (χ4v) is 5.96. The van der Waals surface area contributed by atoms with Crippen LogP contribution in [0.2, 0.25) is 0 Å². The Morgan fingerprint density at radius 2 is 1.84 bits per heavy atom. The first kappa shape index (κ1) is 25.3. The van der Waals surface area contributed by atoms with Crippen LogP contribution in [0.4, 0.5) is 18.4 Å². The minimum Gasteiger partial charge on any atom is -0.333 e. The highest BCUT2D eigenvalue weighted by atomic mass is 19.2. The Morgan fingerprint density at radius 3 is 2.54 bits per heavy atom. The molecule has 3 aliphatic rings. The number of carbonyl (C=O) groups is 2. The van der Waals surface area contributed by atoms with Crippen LogP contribution in [0.1, 0.15) is 69.2 Å². The highest BCUT2D eigenvalue weighted by Crippen LogP contribution is 2.36. The van der Waals surface area contributed by atoms with Crippen LogP contribution in [0.3, 0.4) is 0 Å². The quantitative estimate of drug-likeness (QED) is 0.592. The molecule has 1 aromatic heterocycles. The van der Waals surface area contributed by atoms with Gasteiger partial charge in [-0.25, -0.2) is 23.3 Å². The van der Waals surface area contributed by atoms with Crippen LogP contribution in [-0.4, -0.2) is 52.0 Å². The lowest BCUT2D eigenvalue weighted by Crippen LogP contribution is -2.55. The molecule has 1 aromatic carbocycles. The van der Waals surface area contributed by atoms with Gasteiger partial charge >= 0.3 is 12.1 Å². The Hall–Kier alpha value is -3.33. The van der Waals surface area contributed by atoms with E-state index in [-0.39, 0.29) is 6.04 Å². The molecule has 1 unspecified atom stereocenters. The van der Waals surface area contributed by atoms with Crippen molar-refractivity contribution in [2.75, 3.05) is 13.1 Å². The molecule has 3 heterocycles. The molecule has 0 bridgehead atoms. The maximum Gasteiger partial charge on any atom is 0.330 e. The molecule has 5 rings (SSSR count). The molecule has 0 spiro atoms. The van der Waals surface area contributed by atoms with Gasteiger partial charge in [0, 0.05) is 48.7 Å². The van der Waals surface area contributed by atoms with Crippen LogP contribution >= 0.6 is 0 Å². The molecule has 1 saturated heterocycles. The van der Waals surface area contributed by atoms with E-state index in [1.54, 1.807) is 13.8 Å². The Balaban J connectivity index is 1.23. The van der Waals surface area contributed by atoms with Crippen molar-refractivity contribution in [1.82, 2.24) is 25.4 Å². The lowest BCUT2D eigenvalue weighted by atomic mass is 9.83. The van der Waals surface area contributed by atoms with Crippen molar-refractivity contribution in [2.24, 2.45) is 0 Å². The second-order valence-corrected chi connectivity index (χ2v) is 10.4. The molecule has 2 N–H and O–H groups in total. The normalized spacial score (nSPS) is 26.8. The molecule has 2 aromatic rings. The zero-order valence-electron chi connectivity index (χ0n) is 21.2. The summed E-state index contributed by atoms with van der Waals surface area (Å²) in [6.07, 6.45) is 7.04. The van der Waals surface area contributed by atoms with E-state index in [1.165, 1.54) is 11.8 Å². The van der Waals surface area contributed by atoms with Gasteiger partial charge in [0.15, 0.2) is 11.6 Å². The van der Waals surface area contributed by atoms with Gasteiger partial charge in [0.05, 0.1) is 6.04 Å². The largest absolute Gasteiger partial charge is 0.333 e. The van der Waals surface area contributed by atoms with Gasteiger partial charge in [-0.3, -0.25) is 9.88 Å². The fraction of sp³-hybridized carbons (Fsp3) is 0.464. The van der Waals surface area contributed by atoms with Gasteiger partial charge < -0.3 is 10.6 Å². The summed E-state index contributed by atoms with van der Waals surface area (Å²) in [7, 11) is 0. The Kier molecular flexibility index (Phi) is 7.24. The first-order valence-electron chi connectivity index (χ1n) is 13.0. The van der Waals surface area contributed by atoms with Crippen LogP contribution in [0.25, 0.3) is 0 Å². The summed E-state index contributed by atoms with van der Waals surface area (Å²) in [6.45, 7) is 5.12. The first-order valence-corrected chi connectivity index (χ1v) is 13.0. The van der Waals surface area contributed by atoms with Gasteiger partial charge in [-0.1, -0.05) is 12.1 Å². The van der Waals surface area contributed by atoms with E-state index in [4.69, 9.17) is 0 Å². The highest BCUT2D eigenvalue weighted by Gasteiger charge is 2.39. The summed E-state index contributed by atoms with van der Waals surface area (Å²) in [5.74, 6) is -1.49. The van der Waals surface area contributed by atoms with E-state index >= 15 is 0 Å². The number of amides is 4. The number of hydrogen-bond acceptors (Lipinski definition) is 4. The third-order valence-electron chi connectivity index (χ3n) is 8.12. The second-order valence-electron chi connectivity index (χ2n) is 10.4. The van der Waals surface area contributed by atoms with Crippen molar-refractivity contribution < 1.29 is 18.4 Å². The smallest absolute Gasteiger partial charge is 0.330 e. The Bertz CT molecular complexity index is 1200. The van der Waals surface area contributed by atoms with Crippen LogP contribution < -0.4 is 10.6 Å². The van der Waals surface area contributed by atoms with Crippen LogP contribution in [0.5, 0.6) is 0 Å². The van der Waals surface area contributed by atoms with Crippen LogP contribution in [0.15, 0.2) is 53.9 Å². The summed E-state index contributed by atoms with van der Waals surface area (Å²) in [4.78, 5) is 34.3. The molecule has 2 fully saturated rings. The average molecular weight is 510 g/mol. The molecule has 4 amide bonds. The maximum atomic E-state index is 14.0. The SMILES string of the molecule is CC1=C(C)C(c2ccc(F)c(F)c2)N(C(=O)N[C@@H]2CCN(C3CCC(c4ccccn4)CC3)C2)C(=O)N1. The topological polar surface area (TPSA) is 77.6 Å². The van der Waals surface area contributed by atoms with Gasteiger partial charge in [-0.2, -0.15) is 0 Å². The minimum atomic E-state index is -1.02. The van der Waals surface area contributed by atoms with Crippen molar-refractivity contribution in [3.63, 3.8) is 0 Å². The zero-order valence-corrected chi connectivity index (χ0v) is 21.2. The van der Waals surface area contributed by atoms with Crippen molar-refractivity contribution in [2.45, 2.75) is 70.0 Å². The first-order chi connectivity index (χ1) is 17.8. The molecule has 0 radical (unpaired) electrons. The third kappa shape index (κ3) is 5.23. The molecular weight excluding hydrogens is 476 g/mol. The molecule has 37 heavy (non-hydrogen) atoms. The number of urea groups is 2. The maximum absolute atomic E-state index is 14.0. The van der Waals surface area contributed by atoms with E-state index in [9.17, 15) is 18.4 Å². The third-order valence-corrected chi connectivity index (χ3v) is 8.12. The molecule has 9 heteroatoms. The van der Waals surface area contributed by atoms with E-state index in [0.29, 0.717) is 28.8 Å². The monoisotopic (exact) mass is 509 g/mol. The average Bonchev–Trinajstić information content (AvgIpc) is 3.36. The van der Waals surface area contributed by atoms with Crippen LogP contribution in [0, 0.1) is 11.6 Å². The van der Waals surface area contributed by atoms with Crippen molar-refractivity contribution in [1.29, 1.82) is 0 Å². The molecule has 2 aliphatic heterocycles. The van der Waals surface area contributed by atoms with Gasteiger partial charge in [0.1, 0.15) is 0 Å². The van der Waals surface area contributed by atoms with Gasteiger partial charge in [-0.15, -0.1) is 0 Å². The minimum absolute atomic E-state index is 0.0910.